The molecule has 1 amide bonds. The largest absolute Gasteiger partial charge is 2.00 e. The van der Waals surface area contributed by atoms with Gasteiger partial charge in [-0.05, 0) is 74.5 Å². The van der Waals surface area contributed by atoms with Gasteiger partial charge in [0, 0.05) is 25.3 Å². The van der Waals surface area contributed by atoms with Crippen molar-refractivity contribution in [2.24, 2.45) is 0 Å². The van der Waals surface area contributed by atoms with Crippen LogP contribution in [0.5, 0.6) is 0 Å². The molecule has 202 valence electrons. The number of amides is 1. The van der Waals surface area contributed by atoms with Crippen molar-refractivity contribution in [2.45, 2.75) is 86.7 Å². The molecular weight excluding hydrogens is 494 g/mol. The predicted molar refractivity (Wildman–Crippen MR) is 139 cm³/mol. The number of hydrogen-bond donors (Lipinski definition) is 2. The summed E-state index contributed by atoms with van der Waals surface area (Å²) in [5.41, 5.74) is 0.505. The Hall–Kier alpha value is -1.77. The monoisotopic (exact) mass is 539 g/mol. The first kappa shape index (κ1) is 38.8. The number of esters is 1. The van der Waals surface area contributed by atoms with E-state index >= 15 is 0 Å². The van der Waals surface area contributed by atoms with Gasteiger partial charge in [-0.1, -0.05) is 30.3 Å². The Morgan fingerprint density at radius 2 is 1.47 bits per heavy atom. The Morgan fingerprint density at radius 1 is 1.00 bits per heavy atom. The molecule has 0 aliphatic heterocycles. The van der Waals surface area contributed by atoms with Gasteiger partial charge in [0.1, 0.15) is 5.60 Å². The minimum Gasteiger partial charge on any atom is -0.467 e. The van der Waals surface area contributed by atoms with Gasteiger partial charge in [0.2, 0.25) is 0 Å². The molecule has 0 bridgehead atoms. The number of rotatable bonds is 9. The Balaban J connectivity index is -0.00000105. The van der Waals surface area contributed by atoms with E-state index in [-0.39, 0.29) is 52.0 Å². The summed E-state index contributed by atoms with van der Waals surface area (Å²) < 4.78 is 10.8. The number of aliphatic hydroxyl groups is 2. The quantitative estimate of drug-likeness (QED) is 0.122. The fraction of sp³-hybridized carbons (Fsp3) is 0.571. The van der Waals surface area contributed by atoms with E-state index in [9.17, 15) is 9.59 Å². The Labute approximate surface area is 233 Å². The van der Waals surface area contributed by atoms with Crippen molar-refractivity contribution < 1.29 is 51.0 Å². The van der Waals surface area contributed by atoms with Crippen LogP contribution in [0.4, 0.5) is 0 Å². The predicted octanol–water partition coefficient (Wildman–Crippen LogP) is 4.27. The average Bonchev–Trinajstić information content (AvgIpc) is 2.72. The molecule has 36 heavy (non-hydrogen) atoms. The number of likely N-dealkylation sites (N-methyl/N-ethyl adjacent to an activating group) is 1. The van der Waals surface area contributed by atoms with Crippen LogP contribution in [0, 0.1) is 12.2 Å². The number of carbonyl (C=O) groups excluding carboxylic acids is 2. The number of aliphatic hydroxyl groups excluding tert-OH is 2. The second kappa shape index (κ2) is 22.4. The molecule has 0 aliphatic rings. The smallest absolute Gasteiger partial charge is 0.467 e. The van der Waals surface area contributed by atoms with Crippen molar-refractivity contribution in [3.8, 4) is 0 Å². The van der Waals surface area contributed by atoms with Crippen molar-refractivity contribution in [1.29, 1.82) is 0 Å². The average molecular weight is 540 g/mol. The summed E-state index contributed by atoms with van der Waals surface area (Å²) in [6.45, 7) is 17.6. The standard InChI is InChI=1S/C22H29NO4.2C3H8O.Ti/c1-6-23(7-2)21(25)19(16-20(24)27-22(3,4)5)14-11-15-26-17-18-12-9-8-10-13-18;2*1-3(2)4;/h8-10,12-14H,6-7,15,17H2,1-5H3;2*3-4H,1-2H3;/q-2;;;+2. The zero-order chi connectivity index (χ0) is 27.4. The van der Waals surface area contributed by atoms with Crippen LogP contribution >= 0.6 is 0 Å². The summed E-state index contributed by atoms with van der Waals surface area (Å²) in [6.07, 6.45) is 6.53. The van der Waals surface area contributed by atoms with Crippen molar-refractivity contribution in [3.05, 3.63) is 59.7 Å². The molecule has 0 aliphatic carbocycles. The molecule has 0 aromatic heterocycles. The van der Waals surface area contributed by atoms with Crippen LogP contribution in [0.1, 0.15) is 67.9 Å². The van der Waals surface area contributed by atoms with Crippen molar-refractivity contribution >= 4 is 11.9 Å². The van der Waals surface area contributed by atoms with Crippen LogP contribution in [0.3, 0.4) is 0 Å². The maximum absolute atomic E-state index is 12.6. The second-order valence-electron chi connectivity index (χ2n) is 9.03. The van der Waals surface area contributed by atoms with Crippen molar-refractivity contribution in [3.63, 3.8) is 0 Å². The fourth-order valence-electron chi connectivity index (χ4n) is 2.19. The Kier molecular flexibility index (Phi) is 24.2. The van der Waals surface area contributed by atoms with Gasteiger partial charge >= 0.3 is 21.7 Å². The van der Waals surface area contributed by atoms with Crippen LogP contribution < -0.4 is 0 Å². The topological polar surface area (TPSA) is 96.3 Å². The van der Waals surface area contributed by atoms with Gasteiger partial charge in [-0.2, -0.15) is 6.08 Å². The summed E-state index contributed by atoms with van der Waals surface area (Å²) in [7, 11) is 0. The van der Waals surface area contributed by atoms with E-state index in [1.807, 2.05) is 44.2 Å². The molecule has 0 unspecified atom stereocenters. The van der Waals surface area contributed by atoms with E-state index < -0.39 is 11.6 Å². The van der Waals surface area contributed by atoms with Crippen LogP contribution in [0.15, 0.2) is 42.0 Å². The summed E-state index contributed by atoms with van der Waals surface area (Å²) in [5, 5.41) is 16.1. The van der Waals surface area contributed by atoms with E-state index in [2.05, 4.69) is 12.2 Å². The van der Waals surface area contributed by atoms with Gasteiger partial charge < -0.3 is 41.5 Å². The number of hydrogen-bond acceptors (Lipinski definition) is 6. The fourth-order valence-corrected chi connectivity index (χ4v) is 2.19. The van der Waals surface area contributed by atoms with Gasteiger partial charge in [-0.3, -0.25) is 10.4 Å². The Bertz CT molecular complexity index is 740. The molecule has 0 atom stereocenters. The van der Waals surface area contributed by atoms with Gasteiger partial charge in [-0.15, -0.1) is 0 Å². The normalized spacial score (nSPS) is 11.2. The summed E-state index contributed by atoms with van der Waals surface area (Å²) in [6, 6.07) is 9.76. The molecule has 2 N–H and O–H groups in total. The van der Waals surface area contributed by atoms with E-state index in [0.29, 0.717) is 19.7 Å². The maximum atomic E-state index is 12.6. The van der Waals surface area contributed by atoms with Crippen LogP contribution in [0.25, 0.3) is 0 Å². The van der Waals surface area contributed by atoms with E-state index in [0.717, 1.165) is 5.56 Å². The third kappa shape index (κ3) is 25.3. The minimum absolute atomic E-state index is 0. The Morgan fingerprint density at radius 3 is 1.89 bits per heavy atom. The molecule has 0 heterocycles. The van der Waals surface area contributed by atoms with Crippen LogP contribution in [0.2, 0.25) is 0 Å². The van der Waals surface area contributed by atoms with Crippen molar-refractivity contribution in [1.82, 2.24) is 4.90 Å². The zero-order valence-corrected chi connectivity index (χ0v) is 25.0. The molecular formula is C28H45NO6Ti. The molecule has 0 spiro atoms. The first-order chi connectivity index (χ1) is 16.2. The molecule has 0 fully saturated rings. The summed E-state index contributed by atoms with van der Waals surface area (Å²) in [5.74, 6) is -0.970. The number of benzene rings is 1. The third-order valence-electron chi connectivity index (χ3n) is 3.46. The van der Waals surface area contributed by atoms with Crippen LogP contribution in [-0.4, -0.2) is 64.5 Å². The number of carbonyl (C=O) groups is 2. The zero-order valence-electron chi connectivity index (χ0n) is 23.4. The molecule has 0 saturated carbocycles. The summed E-state index contributed by atoms with van der Waals surface area (Å²) >= 11 is 0. The number of nitrogens with zero attached hydrogens (tertiary/aromatic N) is 1. The van der Waals surface area contributed by atoms with Gasteiger partial charge in [-0.25, -0.2) is 0 Å². The summed E-state index contributed by atoms with van der Waals surface area (Å²) in [4.78, 5) is 26.2. The molecule has 8 heteroatoms. The molecule has 1 rings (SSSR count). The second-order valence-corrected chi connectivity index (χ2v) is 9.03. The molecule has 1 aromatic carbocycles. The molecule has 7 nitrogen and oxygen atoms in total. The molecule has 1 aromatic rings. The first-order valence-electron chi connectivity index (χ1n) is 11.9. The van der Waals surface area contributed by atoms with Gasteiger partial charge in [0.25, 0.3) is 5.97 Å². The molecule has 0 saturated heterocycles. The van der Waals surface area contributed by atoms with Gasteiger partial charge in [0.15, 0.2) is 0 Å². The molecule has 0 radical (unpaired) electrons. The SMILES string of the molecule is CC(C)O.CC(C)O.CCN(CC)C(=O)C(=[C-]C(=O)OC(C)(C)C)C=[C-]COCc1ccccc1.[Ti+2]. The van der Waals surface area contributed by atoms with Gasteiger partial charge in [0.05, 0.1) is 12.5 Å². The van der Waals surface area contributed by atoms with E-state index in [1.165, 1.54) is 6.08 Å². The third-order valence-corrected chi connectivity index (χ3v) is 3.46. The number of ether oxygens (including phenoxy) is 2. The first-order valence-corrected chi connectivity index (χ1v) is 11.9. The van der Waals surface area contributed by atoms with Crippen LogP contribution in [-0.2, 0) is 47.4 Å². The minimum atomic E-state index is -0.679. The maximum Gasteiger partial charge on any atom is 2.00 e. The van der Waals surface area contributed by atoms with E-state index in [4.69, 9.17) is 19.7 Å². The van der Waals surface area contributed by atoms with Crippen molar-refractivity contribution in [2.75, 3.05) is 19.7 Å². The van der Waals surface area contributed by atoms with E-state index in [1.54, 1.807) is 53.4 Å².